The average molecular weight is 652 g/mol. The van der Waals surface area contributed by atoms with E-state index < -0.39 is 11.9 Å². The van der Waals surface area contributed by atoms with Gasteiger partial charge >= 0.3 is 5.97 Å². The molecule has 0 bridgehead atoms. The summed E-state index contributed by atoms with van der Waals surface area (Å²) >= 11 is 15.6. The molecule has 0 amide bonds. The number of fused-ring (bicyclic) bond motifs is 1. The molecule has 1 aliphatic heterocycles. The number of methoxy groups -OCH3 is 1. The summed E-state index contributed by atoms with van der Waals surface area (Å²) in [6.45, 7) is 0.198. The van der Waals surface area contributed by atoms with Crippen molar-refractivity contribution in [2.24, 2.45) is 5.73 Å². The second-order valence-corrected chi connectivity index (χ2v) is 10.7. The zero-order valence-electron chi connectivity index (χ0n) is 21.5. The van der Waals surface area contributed by atoms with Crippen molar-refractivity contribution in [1.29, 1.82) is 5.26 Å². The lowest BCUT2D eigenvalue weighted by molar-refractivity contribution is 0.0734. The van der Waals surface area contributed by atoms with Crippen LogP contribution in [-0.4, -0.2) is 13.1 Å². The first-order chi connectivity index (χ1) is 19.8. The number of hydrogen-bond donors (Lipinski definition) is 1. The predicted octanol–water partition coefficient (Wildman–Crippen LogP) is 7.78. The summed E-state index contributed by atoms with van der Waals surface area (Å²) in [6, 6.07) is 24.5. The van der Waals surface area contributed by atoms with E-state index in [4.69, 9.17) is 47.9 Å². The van der Waals surface area contributed by atoms with Crippen molar-refractivity contribution in [3.8, 4) is 29.1 Å². The van der Waals surface area contributed by atoms with Gasteiger partial charge in [0.25, 0.3) is 0 Å². The third-order valence-electron chi connectivity index (χ3n) is 6.40. The van der Waals surface area contributed by atoms with E-state index in [2.05, 4.69) is 22.0 Å². The van der Waals surface area contributed by atoms with E-state index in [9.17, 15) is 10.1 Å². The second kappa shape index (κ2) is 12.1. The molecule has 2 N–H and O–H groups in total. The Labute approximate surface area is 254 Å². The Hall–Kier alpha value is -4.16. The Morgan fingerprint density at radius 1 is 1.02 bits per heavy atom. The van der Waals surface area contributed by atoms with Gasteiger partial charge in [-0.15, -0.1) is 0 Å². The van der Waals surface area contributed by atoms with Gasteiger partial charge in [-0.3, -0.25) is 0 Å². The monoisotopic (exact) mass is 650 g/mol. The number of nitrogens with two attached hydrogens (primary N) is 1. The molecule has 1 aliphatic rings. The molecule has 0 saturated carbocycles. The lowest BCUT2D eigenvalue weighted by Crippen LogP contribution is -2.21. The van der Waals surface area contributed by atoms with Gasteiger partial charge in [0.05, 0.1) is 18.6 Å². The predicted molar refractivity (Wildman–Crippen MR) is 159 cm³/mol. The largest absolute Gasteiger partial charge is 0.493 e. The Morgan fingerprint density at radius 2 is 1.80 bits per heavy atom. The normalized spacial score (nSPS) is 14.0. The number of nitriles is 1. The number of benzene rings is 4. The molecule has 1 atom stereocenters. The molecule has 0 radical (unpaired) electrons. The van der Waals surface area contributed by atoms with Gasteiger partial charge in [0.15, 0.2) is 11.5 Å². The van der Waals surface area contributed by atoms with E-state index in [0.29, 0.717) is 38.4 Å². The highest BCUT2D eigenvalue weighted by Crippen LogP contribution is 2.45. The first-order valence-electron chi connectivity index (χ1n) is 12.2. The number of carbonyl (C=O) groups excluding carboxylic acids is 1. The molecule has 4 aromatic carbocycles. The SMILES string of the molecule is COc1cc(C2C(C#N)=C(N)Oc3cc(OC(=O)c4ccc(Br)cc4)ccc32)ccc1OCc1ccc(Cl)cc1Cl. The van der Waals surface area contributed by atoms with Crippen LogP contribution in [0.25, 0.3) is 0 Å². The fraction of sp³-hybridized carbons (Fsp3) is 0.0968. The number of nitrogens with zero attached hydrogens (tertiary/aromatic N) is 1. The zero-order valence-corrected chi connectivity index (χ0v) is 24.6. The van der Waals surface area contributed by atoms with Gasteiger partial charge in [-0.2, -0.15) is 5.26 Å². The molecule has 41 heavy (non-hydrogen) atoms. The van der Waals surface area contributed by atoms with Crippen molar-refractivity contribution in [3.05, 3.63) is 127 Å². The maximum absolute atomic E-state index is 12.6. The first kappa shape index (κ1) is 28.4. The zero-order chi connectivity index (χ0) is 29.1. The molecular formula is C31H21BrCl2N2O5. The number of ether oxygens (including phenoxy) is 4. The summed E-state index contributed by atoms with van der Waals surface area (Å²) in [7, 11) is 1.53. The smallest absolute Gasteiger partial charge is 0.343 e. The van der Waals surface area contributed by atoms with Crippen molar-refractivity contribution in [3.63, 3.8) is 0 Å². The molecule has 0 spiro atoms. The number of carbonyl (C=O) groups is 1. The molecule has 0 fully saturated rings. The van der Waals surface area contributed by atoms with Gasteiger partial charge in [-0.05, 0) is 60.2 Å². The van der Waals surface area contributed by atoms with Crippen LogP contribution in [0.1, 0.15) is 33.0 Å². The van der Waals surface area contributed by atoms with Crippen LogP contribution < -0.4 is 24.7 Å². The van der Waals surface area contributed by atoms with Crippen molar-refractivity contribution >= 4 is 45.1 Å². The van der Waals surface area contributed by atoms with Gasteiger partial charge in [0.2, 0.25) is 5.88 Å². The van der Waals surface area contributed by atoms with Gasteiger partial charge in [0.1, 0.15) is 29.7 Å². The summed E-state index contributed by atoms with van der Waals surface area (Å²) in [5.41, 5.74) is 8.96. The summed E-state index contributed by atoms with van der Waals surface area (Å²) < 4.78 is 23.8. The molecule has 4 aromatic rings. The molecule has 0 aromatic heterocycles. The fourth-order valence-electron chi connectivity index (χ4n) is 4.37. The van der Waals surface area contributed by atoms with Crippen LogP contribution in [0.4, 0.5) is 0 Å². The lowest BCUT2D eigenvalue weighted by atomic mass is 9.83. The van der Waals surface area contributed by atoms with Crippen molar-refractivity contribution < 1.29 is 23.7 Å². The van der Waals surface area contributed by atoms with E-state index in [1.54, 1.807) is 72.8 Å². The molecule has 1 heterocycles. The Morgan fingerprint density at radius 3 is 2.51 bits per heavy atom. The molecule has 7 nitrogen and oxygen atoms in total. The van der Waals surface area contributed by atoms with Crippen LogP contribution in [0.3, 0.4) is 0 Å². The van der Waals surface area contributed by atoms with Gasteiger partial charge in [0, 0.05) is 31.7 Å². The highest BCUT2D eigenvalue weighted by molar-refractivity contribution is 9.10. The maximum atomic E-state index is 12.6. The standard InChI is InChI=1S/C31H21BrCl2N2O5/c1-38-28-12-18(5-11-26(28)39-16-19-4-8-21(33)13-25(19)34)29-23-10-9-22(14-27(23)41-30(36)24(29)15-35)40-31(37)17-2-6-20(32)7-3-17/h2-14,29H,16,36H2,1H3. The molecule has 206 valence electrons. The van der Waals surface area contributed by atoms with Crippen molar-refractivity contribution in [2.75, 3.05) is 7.11 Å². The molecular weight excluding hydrogens is 631 g/mol. The fourth-order valence-corrected chi connectivity index (χ4v) is 5.10. The highest BCUT2D eigenvalue weighted by atomic mass is 79.9. The molecule has 10 heteroatoms. The third kappa shape index (κ3) is 6.13. The van der Waals surface area contributed by atoms with Gasteiger partial charge < -0.3 is 24.7 Å². The number of halogens is 3. The van der Waals surface area contributed by atoms with Crippen LogP contribution in [0.15, 0.2) is 94.8 Å². The minimum atomic E-state index is -0.561. The topological polar surface area (TPSA) is 104 Å². The number of rotatable bonds is 7. The Balaban J connectivity index is 1.43. The number of allylic oxidation sites excluding steroid dienone is 1. The van der Waals surface area contributed by atoms with Crippen LogP contribution in [0, 0.1) is 11.3 Å². The van der Waals surface area contributed by atoms with Crippen LogP contribution in [0.5, 0.6) is 23.0 Å². The maximum Gasteiger partial charge on any atom is 0.343 e. The number of esters is 1. The second-order valence-electron chi connectivity index (χ2n) is 8.96. The summed E-state index contributed by atoms with van der Waals surface area (Å²) in [4.78, 5) is 12.6. The van der Waals surface area contributed by atoms with Crippen LogP contribution in [0.2, 0.25) is 10.0 Å². The molecule has 0 saturated heterocycles. The summed E-state index contributed by atoms with van der Waals surface area (Å²) in [5, 5.41) is 11.0. The number of hydrogen-bond acceptors (Lipinski definition) is 7. The Kier molecular flexibility index (Phi) is 8.41. The highest BCUT2D eigenvalue weighted by Gasteiger charge is 2.32. The molecule has 0 aliphatic carbocycles. The first-order valence-corrected chi connectivity index (χ1v) is 13.8. The minimum absolute atomic E-state index is 0.0435. The van der Waals surface area contributed by atoms with Gasteiger partial charge in [-0.25, -0.2) is 4.79 Å². The van der Waals surface area contributed by atoms with Crippen molar-refractivity contribution in [1.82, 2.24) is 0 Å². The third-order valence-corrected chi connectivity index (χ3v) is 7.52. The molecule has 5 rings (SSSR count). The minimum Gasteiger partial charge on any atom is -0.493 e. The average Bonchev–Trinajstić information content (AvgIpc) is 2.96. The summed E-state index contributed by atoms with van der Waals surface area (Å²) in [5.74, 6) is 0.449. The summed E-state index contributed by atoms with van der Waals surface area (Å²) in [6.07, 6.45) is 0. The van der Waals surface area contributed by atoms with Crippen LogP contribution >= 0.6 is 39.1 Å². The quantitative estimate of drug-likeness (QED) is 0.161. The lowest BCUT2D eigenvalue weighted by Gasteiger charge is -2.27. The van der Waals surface area contributed by atoms with E-state index >= 15 is 0 Å². The Bertz CT molecular complexity index is 1720. The van der Waals surface area contributed by atoms with Crippen molar-refractivity contribution in [2.45, 2.75) is 12.5 Å². The molecule has 1 unspecified atom stereocenters. The van der Waals surface area contributed by atoms with Crippen LogP contribution in [-0.2, 0) is 6.61 Å². The van der Waals surface area contributed by atoms with E-state index in [1.807, 2.05) is 6.07 Å². The van der Waals surface area contributed by atoms with Gasteiger partial charge in [-0.1, -0.05) is 57.3 Å². The van der Waals surface area contributed by atoms with E-state index in [1.165, 1.54) is 7.11 Å². The van der Waals surface area contributed by atoms with E-state index in [0.717, 1.165) is 15.6 Å². The van der Waals surface area contributed by atoms with E-state index in [-0.39, 0.29) is 23.8 Å².